The second kappa shape index (κ2) is 12.1. The highest BCUT2D eigenvalue weighted by molar-refractivity contribution is 7.15. The zero-order valence-corrected chi connectivity index (χ0v) is 20.5. The maximum Gasteiger partial charge on any atom is 0.341 e. The van der Waals surface area contributed by atoms with Crippen LogP contribution in [0.1, 0.15) is 54.3 Å². The first-order valence-corrected chi connectivity index (χ1v) is 12.2. The van der Waals surface area contributed by atoms with E-state index in [-0.39, 0.29) is 12.5 Å². The van der Waals surface area contributed by atoms with Crippen LogP contribution >= 0.6 is 11.3 Å². The number of carbonyl (C=O) groups excluding carboxylic acids is 2. The van der Waals surface area contributed by atoms with Crippen LogP contribution in [-0.4, -0.2) is 31.7 Å². The minimum absolute atomic E-state index is 0.223. The summed E-state index contributed by atoms with van der Waals surface area (Å²) in [6.07, 6.45) is 1.77. The summed E-state index contributed by atoms with van der Waals surface area (Å²) >= 11 is 1.26. The molecule has 0 aliphatic rings. The van der Waals surface area contributed by atoms with Crippen molar-refractivity contribution in [2.75, 3.05) is 30.9 Å². The van der Waals surface area contributed by atoms with Gasteiger partial charge in [0, 0.05) is 16.5 Å². The van der Waals surface area contributed by atoms with Crippen molar-refractivity contribution in [3.8, 4) is 22.6 Å². The van der Waals surface area contributed by atoms with E-state index in [1.165, 1.54) is 11.3 Å². The van der Waals surface area contributed by atoms with Crippen molar-refractivity contribution in [3.05, 3.63) is 59.0 Å². The van der Waals surface area contributed by atoms with Crippen LogP contribution in [-0.2, 0) is 4.74 Å². The van der Waals surface area contributed by atoms with Crippen LogP contribution in [0.15, 0.2) is 47.8 Å². The molecule has 0 saturated carbocycles. The molecule has 34 heavy (non-hydrogen) atoms. The molecule has 7 nitrogen and oxygen atoms in total. The predicted molar refractivity (Wildman–Crippen MR) is 136 cm³/mol. The van der Waals surface area contributed by atoms with E-state index in [9.17, 15) is 9.59 Å². The topological polar surface area (TPSA) is 99.9 Å². The van der Waals surface area contributed by atoms with Crippen molar-refractivity contribution >= 4 is 33.9 Å². The maximum atomic E-state index is 12.9. The van der Waals surface area contributed by atoms with E-state index >= 15 is 0 Å². The van der Waals surface area contributed by atoms with Gasteiger partial charge in [0.1, 0.15) is 22.1 Å². The Morgan fingerprint density at radius 3 is 2.32 bits per heavy atom. The molecule has 1 amide bonds. The number of hydrogen-bond donors (Lipinski definition) is 2. The molecule has 0 radical (unpaired) electrons. The van der Waals surface area contributed by atoms with E-state index in [1.54, 1.807) is 25.1 Å². The van der Waals surface area contributed by atoms with E-state index in [4.69, 9.17) is 19.9 Å². The van der Waals surface area contributed by atoms with Gasteiger partial charge in [0.25, 0.3) is 5.91 Å². The lowest BCUT2D eigenvalue weighted by Crippen LogP contribution is -2.15. The third kappa shape index (κ3) is 6.08. The van der Waals surface area contributed by atoms with Crippen molar-refractivity contribution in [2.45, 2.75) is 33.6 Å². The van der Waals surface area contributed by atoms with Gasteiger partial charge in [0.2, 0.25) is 0 Å². The van der Waals surface area contributed by atoms with Gasteiger partial charge >= 0.3 is 5.97 Å². The van der Waals surface area contributed by atoms with Gasteiger partial charge in [0.15, 0.2) is 0 Å². The molecule has 0 aliphatic heterocycles. The number of anilines is 2. The Balaban J connectivity index is 1.87. The summed E-state index contributed by atoms with van der Waals surface area (Å²) in [4.78, 5) is 25.8. The van der Waals surface area contributed by atoms with Gasteiger partial charge in [-0.2, -0.15) is 0 Å². The Hall–Kier alpha value is -3.52. The second-order valence-corrected chi connectivity index (χ2v) is 8.38. The van der Waals surface area contributed by atoms with Crippen LogP contribution in [0.3, 0.4) is 0 Å². The van der Waals surface area contributed by atoms with E-state index in [1.807, 2.05) is 43.5 Å². The fraction of sp³-hybridized carbons (Fsp3) is 0.308. The number of amides is 1. The van der Waals surface area contributed by atoms with Crippen molar-refractivity contribution < 1.29 is 23.8 Å². The first-order valence-electron chi connectivity index (χ1n) is 11.3. The fourth-order valence-electron chi connectivity index (χ4n) is 3.23. The van der Waals surface area contributed by atoms with Gasteiger partial charge in [-0.25, -0.2) is 4.79 Å². The SMILES string of the molecule is CCCOc1ccc(-c2csc(NC(=O)c3ccc(OCCC)c(N)c3)c2C(=O)OCC)cc1. The van der Waals surface area contributed by atoms with Crippen molar-refractivity contribution in [2.24, 2.45) is 0 Å². The van der Waals surface area contributed by atoms with Gasteiger partial charge in [-0.3, -0.25) is 4.79 Å². The van der Waals surface area contributed by atoms with Crippen LogP contribution < -0.4 is 20.5 Å². The molecule has 180 valence electrons. The van der Waals surface area contributed by atoms with Gasteiger partial charge < -0.3 is 25.3 Å². The van der Waals surface area contributed by atoms with Gasteiger partial charge in [-0.15, -0.1) is 11.3 Å². The summed E-state index contributed by atoms with van der Waals surface area (Å²) in [6, 6.07) is 12.4. The molecule has 3 rings (SSSR count). The maximum absolute atomic E-state index is 12.9. The standard InChI is InChI=1S/C26H30N2O5S/c1-4-13-32-19-10-7-17(8-11-19)20-16-34-25(23(20)26(30)31-6-3)28-24(29)18-9-12-22(21(27)15-18)33-14-5-2/h7-12,15-16H,4-6,13-14,27H2,1-3H3,(H,28,29). The predicted octanol–water partition coefficient (Wildman–Crippen LogP) is 6.00. The van der Waals surface area contributed by atoms with E-state index in [0.29, 0.717) is 46.3 Å². The number of hydrogen-bond acceptors (Lipinski definition) is 7. The fourth-order valence-corrected chi connectivity index (χ4v) is 4.18. The van der Waals surface area contributed by atoms with Crippen LogP contribution in [0.25, 0.3) is 11.1 Å². The van der Waals surface area contributed by atoms with E-state index in [0.717, 1.165) is 24.2 Å². The summed E-state index contributed by atoms with van der Waals surface area (Å²) in [5, 5.41) is 5.09. The Morgan fingerprint density at radius 2 is 1.68 bits per heavy atom. The smallest absolute Gasteiger partial charge is 0.341 e. The average molecular weight is 483 g/mol. The van der Waals surface area contributed by atoms with Gasteiger partial charge in [-0.05, 0) is 55.7 Å². The first kappa shape index (κ1) is 25.1. The third-order valence-corrected chi connectivity index (χ3v) is 5.76. The number of thiophene rings is 1. The third-order valence-electron chi connectivity index (χ3n) is 4.87. The number of esters is 1. The number of rotatable bonds is 11. The lowest BCUT2D eigenvalue weighted by atomic mass is 10.0. The highest BCUT2D eigenvalue weighted by Crippen LogP contribution is 2.37. The molecule has 0 fully saturated rings. The van der Waals surface area contributed by atoms with Gasteiger partial charge in [-0.1, -0.05) is 26.0 Å². The van der Waals surface area contributed by atoms with Crippen LogP contribution in [0.4, 0.5) is 10.7 Å². The largest absolute Gasteiger partial charge is 0.494 e. The van der Waals surface area contributed by atoms with E-state index < -0.39 is 5.97 Å². The number of carbonyl (C=O) groups is 2. The monoisotopic (exact) mass is 482 g/mol. The first-order chi connectivity index (χ1) is 16.5. The molecule has 0 spiro atoms. The summed E-state index contributed by atoms with van der Waals surface area (Å²) in [7, 11) is 0. The lowest BCUT2D eigenvalue weighted by molar-refractivity contribution is 0.0529. The molecular formula is C26H30N2O5S. The van der Waals surface area contributed by atoms with Crippen LogP contribution in [0.2, 0.25) is 0 Å². The summed E-state index contributed by atoms with van der Waals surface area (Å²) < 4.78 is 16.5. The molecule has 3 aromatic rings. The van der Waals surface area contributed by atoms with Crippen LogP contribution in [0.5, 0.6) is 11.5 Å². The minimum Gasteiger partial charge on any atom is -0.494 e. The number of nitrogens with two attached hydrogens (primary N) is 1. The quantitative estimate of drug-likeness (QED) is 0.257. The summed E-state index contributed by atoms with van der Waals surface area (Å²) in [6.45, 7) is 7.20. The molecule has 3 N–H and O–H groups in total. The van der Waals surface area contributed by atoms with Crippen molar-refractivity contribution in [3.63, 3.8) is 0 Å². The molecule has 0 saturated heterocycles. The Morgan fingerprint density at radius 1 is 0.971 bits per heavy atom. The molecule has 1 aromatic heterocycles. The molecule has 8 heteroatoms. The second-order valence-electron chi connectivity index (χ2n) is 7.50. The normalized spacial score (nSPS) is 10.6. The summed E-state index contributed by atoms with van der Waals surface area (Å²) in [5.41, 5.74) is 8.62. The zero-order valence-electron chi connectivity index (χ0n) is 19.7. The number of nitrogens with one attached hydrogen (secondary N) is 1. The number of ether oxygens (including phenoxy) is 3. The van der Waals surface area contributed by atoms with E-state index in [2.05, 4.69) is 5.32 Å². The molecular weight excluding hydrogens is 452 g/mol. The summed E-state index contributed by atoms with van der Waals surface area (Å²) in [5.74, 6) is 0.422. The van der Waals surface area contributed by atoms with Crippen LogP contribution in [0, 0.1) is 0 Å². The highest BCUT2D eigenvalue weighted by Gasteiger charge is 2.23. The molecule has 1 heterocycles. The Labute approximate surface area is 203 Å². The molecule has 0 bridgehead atoms. The Kier molecular flexibility index (Phi) is 8.93. The van der Waals surface area contributed by atoms with Crippen molar-refractivity contribution in [1.29, 1.82) is 0 Å². The average Bonchev–Trinajstić information content (AvgIpc) is 3.26. The molecule has 2 aromatic carbocycles. The van der Waals surface area contributed by atoms with Crippen molar-refractivity contribution in [1.82, 2.24) is 0 Å². The zero-order chi connectivity index (χ0) is 24.5. The molecule has 0 aliphatic carbocycles. The highest BCUT2D eigenvalue weighted by atomic mass is 32.1. The Bertz CT molecular complexity index is 1120. The van der Waals surface area contributed by atoms with Gasteiger partial charge in [0.05, 0.1) is 25.5 Å². The number of benzene rings is 2. The molecule has 0 atom stereocenters. The molecule has 0 unspecified atom stereocenters. The number of nitrogen functional groups attached to an aromatic ring is 1. The lowest BCUT2D eigenvalue weighted by Gasteiger charge is -2.11. The minimum atomic E-state index is -0.497.